The molecule has 7 nitrogen and oxygen atoms in total. The maximum atomic E-state index is 13.5. The van der Waals surface area contributed by atoms with Gasteiger partial charge >= 0.3 is 0 Å². The molecule has 1 heterocycles. The van der Waals surface area contributed by atoms with E-state index >= 15 is 0 Å². The van der Waals surface area contributed by atoms with Crippen molar-refractivity contribution in [3.8, 4) is 11.1 Å². The van der Waals surface area contributed by atoms with Gasteiger partial charge in [0.25, 0.3) is 6.02 Å². The molecule has 7 rings (SSSR count). The Bertz CT molecular complexity index is 1300. The summed E-state index contributed by atoms with van der Waals surface area (Å²) in [5.74, 6) is 0.784. The van der Waals surface area contributed by atoms with Crippen molar-refractivity contribution in [2.45, 2.75) is 62.8 Å². The number of amides is 1. The van der Waals surface area contributed by atoms with Crippen LogP contribution >= 0.6 is 0 Å². The maximum Gasteiger partial charge on any atom is 0.299 e. The fraction of sp³-hybridized carbons (Fsp3) is 0.500. The van der Waals surface area contributed by atoms with Gasteiger partial charge in [0, 0.05) is 5.41 Å². The van der Waals surface area contributed by atoms with Crippen LogP contribution in [-0.2, 0) is 19.6 Å². The van der Waals surface area contributed by atoms with Crippen LogP contribution in [0.5, 0.6) is 0 Å². The van der Waals surface area contributed by atoms with E-state index in [0.29, 0.717) is 11.5 Å². The second kappa shape index (κ2) is 8.07. The summed E-state index contributed by atoms with van der Waals surface area (Å²) < 4.78 is 35.9. The molecule has 3 N–H and O–H groups in total. The Kier molecular flexibility index (Phi) is 5.27. The SMILES string of the molecule is CC1(C)OC(=NC2C3CC4CC2CC(C(N)=O)(C4)C3)NS(=O)(=O)C1c1ccc(-c2ccccc2)cc1. The van der Waals surface area contributed by atoms with Crippen LogP contribution in [-0.4, -0.2) is 32.0 Å². The quantitative estimate of drug-likeness (QED) is 0.647. The molecule has 0 radical (unpaired) electrons. The molecule has 4 aliphatic carbocycles. The minimum absolute atomic E-state index is 0.0516. The molecular formula is C28H33N3O4S. The highest BCUT2D eigenvalue weighted by molar-refractivity contribution is 7.90. The van der Waals surface area contributed by atoms with E-state index in [1.807, 2.05) is 54.6 Å². The molecule has 36 heavy (non-hydrogen) atoms. The van der Waals surface area contributed by atoms with Crippen LogP contribution in [0, 0.1) is 23.2 Å². The van der Waals surface area contributed by atoms with Crippen molar-refractivity contribution in [3.05, 3.63) is 60.2 Å². The van der Waals surface area contributed by atoms with Gasteiger partial charge in [0.15, 0.2) is 0 Å². The molecule has 2 aromatic rings. The Hall–Kier alpha value is -2.87. The van der Waals surface area contributed by atoms with Crippen molar-refractivity contribution in [1.29, 1.82) is 0 Å². The summed E-state index contributed by atoms with van der Waals surface area (Å²) >= 11 is 0. The Morgan fingerprint density at radius 2 is 1.58 bits per heavy atom. The summed E-state index contributed by atoms with van der Waals surface area (Å²) in [4.78, 5) is 17.1. The number of benzene rings is 2. The molecular weight excluding hydrogens is 474 g/mol. The topological polar surface area (TPSA) is 111 Å². The zero-order valence-electron chi connectivity index (χ0n) is 20.7. The second-order valence-electron chi connectivity index (χ2n) is 11.8. The first-order chi connectivity index (χ1) is 17.1. The number of carbonyl (C=O) groups is 1. The number of ether oxygens (including phenoxy) is 1. The number of primary amides is 1. The molecule has 2 aromatic carbocycles. The van der Waals surface area contributed by atoms with Gasteiger partial charge in [-0.05, 0) is 80.4 Å². The molecule has 0 aromatic heterocycles. The zero-order valence-corrected chi connectivity index (χ0v) is 21.5. The van der Waals surface area contributed by atoms with E-state index in [0.717, 1.165) is 43.2 Å². The Balaban J connectivity index is 1.26. The summed E-state index contributed by atoms with van der Waals surface area (Å²) in [6, 6.07) is 17.6. The summed E-state index contributed by atoms with van der Waals surface area (Å²) in [7, 11) is -3.79. The minimum Gasteiger partial charge on any atom is -0.457 e. The third-order valence-electron chi connectivity index (χ3n) is 8.86. The lowest BCUT2D eigenvalue weighted by Gasteiger charge is -2.57. The van der Waals surface area contributed by atoms with Crippen molar-refractivity contribution < 1.29 is 17.9 Å². The monoisotopic (exact) mass is 507 g/mol. The predicted octanol–water partition coefficient (Wildman–Crippen LogP) is 4.16. The molecule has 1 amide bonds. The van der Waals surface area contributed by atoms with Gasteiger partial charge < -0.3 is 10.5 Å². The van der Waals surface area contributed by atoms with Gasteiger partial charge in [0.1, 0.15) is 10.9 Å². The van der Waals surface area contributed by atoms with E-state index in [1.54, 1.807) is 13.8 Å². The summed E-state index contributed by atoms with van der Waals surface area (Å²) in [5.41, 5.74) is 7.16. The summed E-state index contributed by atoms with van der Waals surface area (Å²) in [6.07, 6.45) is 4.39. The number of aliphatic imine (C=N–C) groups is 1. The third kappa shape index (κ3) is 3.81. The first kappa shape index (κ1) is 23.5. The molecule has 190 valence electrons. The average molecular weight is 508 g/mol. The number of carbonyl (C=O) groups excluding carboxylic acids is 1. The van der Waals surface area contributed by atoms with Crippen LogP contribution in [0.3, 0.4) is 0 Å². The van der Waals surface area contributed by atoms with E-state index in [9.17, 15) is 13.2 Å². The Labute approximate surface area is 212 Å². The summed E-state index contributed by atoms with van der Waals surface area (Å²) in [5, 5.41) is -0.884. The van der Waals surface area contributed by atoms with Crippen molar-refractivity contribution in [3.63, 3.8) is 0 Å². The van der Waals surface area contributed by atoms with Gasteiger partial charge in [-0.15, -0.1) is 0 Å². The smallest absolute Gasteiger partial charge is 0.299 e. The fourth-order valence-electron chi connectivity index (χ4n) is 7.64. The van der Waals surface area contributed by atoms with E-state index in [1.165, 1.54) is 0 Å². The van der Waals surface area contributed by atoms with E-state index < -0.39 is 26.3 Å². The minimum atomic E-state index is -3.79. The van der Waals surface area contributed by atoms with E-state index in [4.69, 9.17) is 15.5 Å². The maximum absolute atomic E-state index is 13.5. The Morgan fingerprint density at radius 3 is 2.17 bits per heavy atom. The number of nitrogens with zero attached hydrogens (tertiary/aromatic N) is 1. The number of nitrogens with two attached hydrogens (primary N) is 1. The largest absolute Gasteiger partial charge is 0.457 e. The van der Waals surface area contributed by atoms with Gasteiger partial charge in [-0.3, -0.25) is 4.79 Å². The van der Waals surface area contributed by atoms with Crippen molar-refractivity contribution in [1.82, 2.24) is 4.72 Å². The lowest BCUT2D eigenvalue weighted by atomic mass is 9.48. The van der Waals surface area contributed by atoms with Gasteiger partial charge in [0.05, 0.1) is 6.04 Å². The molecule has 1 aliphatic heterocycles. The first-order valence-corrected chi connectivity index (χ1v) is 14.3. The third-order valence-corrected chi connectivity index (χ3v) is 10.8. The molecule has 4 saturated carbocycles. The number of sulfonamides is 1. The average Bonchev–Trinajstić information content (AvgIpc) is 2.80. The number of hydrogen-bond donors (Lipinski definition) is 2. The van der Waals surface area contributed by atoms with Crippen molar-refractivity contribution in [2.24, 2.45) is 33.9 Å². The second-order valence-corrected chi connectivity index (χ2v) is 13.5. The predicted molar refractivity (Wildman–Crippen MR) is 138 cm³/mol. The highest BCUT2D eigenvalue weighted by Gasteiger charge is 2.58. The van der Waals surface area contributed by atoms with Crippen LogP contribution in [0.15, 0.2) is 59.6 Å². The molecule has 3 atom stereocenters. The van der Waals surface area contributed by atoms with Crippen LogP contribution in [0.4, 0.5) is 0 Å². The Morgan fingerprint density at radius 1 is 0.972 bits per heavy atom. The van der Waals surface area contributed by atoms with Crippen LogP contribution in [0.2, 0.25) is 0 Å². The van der Waals surface area contributed by atoms with Gasteiger partial charge in [-0.2, -0.15) is 0 Å². The highest BCUT2D eigenvalue weighted by atomic mass is 32.2. The summed E-state index contributed by atoms with van der Waals surface area (Å²) in [6.45, 7) is 3.60. The molecule has 8 heteroatoms. The normalized spacial score (nSPS) is 36.7. The standard InChI is InChI=1S/C28H33N3O4S/c1-27(2)24(20-10-8-19(9-11-20)18-6-4-3-5-7-18)36(33,34)31-26(35-27)30-23-21-12-17-13-22(23)16-28(14-17,15-21)25(29)32/h3-11,17,21-24H,12-16H2,1-2H3,(H2,29,32)(H,30,31). The molecule has 1 saturated heterocycles. The van der Waals surface area contributed by atoms with Crippen LogP contribution < -0.4 is 10.5 Å². The first-order valence-electron chi connectivity index (χ1n) is 12.8. The number of rotatable bonds is 4. The fourth-order valence-corrected chi connectivity index (χ4v) is 9.40. The molecule has 0 spiro atoms. The van der Waals surface area contributed by atoms with E-state index in [2.05, 4.69) is 4.72 Å². The molecule has 3 unspecified atom stereocenters. The van der Waals surface area contributed by atoms with Gasteiger partial charge in [-0.25, -0.2) is 18.1 Å². The molecule has 4 bridgehead atoms. The van der Waals surface area contributed by atoms with Gasteiger partial charge in [-0.1, -0.05) is 54.6 Å². The highest BCUT2D eigenvalue weighted by Crippen LogP contribution is 2.60. The van der Waals surface area contributed by atoms with Gasteiger partial charge in [0.2, 0.25) is 15.9 Å². The van der Waals surface area contributed by atoms with Crippen LogP contribution in [0.1, 0.15) is 56.8 Å². The lowest BCUT2D eigenvalue weighted by Crippen LogP contribution is -2.58. The number of amidine groups is 1. The molecule has 5 aliphatic rings. The number of nitrogens with one attached hydrogen (secondary N) is 1. The lowest BCUT2D eigenvalue weighted by molar-refractivity contribution is -0.144. The van der Waals surface area contributed by atoms with Crippen molar-refractivity contribution >= 4 is 22.0 Å². The van der Waals surface area contributed by atoms with E-state index in [-0.39, 0.29) is 29.8 Å². The zero-order chi connectivity index (χ0) is 25.3. The molecule has 5 fully saturated rings. The van der Waals surface area contributed by atoms with Crippen LogP contribution in [0.25, 0.3) is 11.1 Å². The number of hydrogen-bond acceptors (Lipinski definition) is 5. The van der Waals surface area contributed by atoms with Crippen molar-refractivity contribution in [2.75, 3.05) is 0 Å².